The van der Waals surface area contributed by atoms with Gasteiger partial charge in [0.05, 0.1) is 11.8 Å². The second-order valence-corrected chi connectivity index (χ2v) is 7.27. The first kappa shape index (κ1) is 24.6. The predicted octanol–water partition coefficient (Wildman–Crippen LogP) is 7.18. The van der Waals surface area contributed by atoms with Gasteiger partial charge in [-0.25, -0.2) is 0 Å². The van der Waals surface area contributed by atoms with Crippen LogP contribution in [-0.2, 0) is 4.74 Å². The third-order valence-electron chi connectivity index (χ3n) is 4.54. The molecule has 26 heavy (non-hydrogen) atoms. The maximum absolute atomic E-state index is 10.7. The molecule has 0 radical (unpaired) electrons. The largest absolute Gasteiger partial charge is 0.507 e. The molecule has 0 aromatic carbocycles. The van der Waals surface area contributed by atoms with E-state index in [0.717, 1.165) is 31.2 Å². The lowest BCUT2D eigenvalue weighted by Crippen LogP contribution is -2.17. The Morgan fingerprint density at radius 1 is 1.15 bits per heavy atom. The van der Waals surface area contributed by atoms with E-state index >= 15 is 0 Å². The van der Waals surface area contributed by atoms with Crippen LogP contribution in [0.1, 0.15) is 66.7 Å². The number of ether oxygens (including phenoxy) is 1. The molecule has 148 valence electrons. The van der Waals surface area contributed by atoms with Crippen LogP contribution in [0.3, 0.4) is 0 Å². The fourth-order valence-corrected chi connectivity index (χ4v) is 2.81. The number of aliphatic hydroxyl groups is 1. The highest BCUT2D eigenvalue weighted by molar-refractivity contribution is 6.25. The quantitative estimate of drug-likeness (QED) is 0.168. The van der Waals surface area contributed by atoms with Crippen molar-refractivity contribution in [1.82, 2.24) is 0 Å². The zero-order chi connectivity index (χ0) is 20.1. The minimum atomic E-state index is -0.110. The van der Waals surface area contributed by atoms with Gasteiger partial charge in [-0.3, -0.25) is 0 Å². The number of aliphatic hydroxyl groups excluding tert-OH is 1. The lowest BCUT2D eigenvalue weighted by atomic mass is 9.98. The van der Waals surface area contributed by atoms with E-state index in [-0.39, 0.29) is 11.5 Å². The Morgan fingerprint density at radius 2 is 1.77 bits per heavy atom. The molecule has 0 aromatic rings. The molecule has 0 aliphatic heterocycles. The summed E-state index contributed by atoms with van der Waals surface area (Å²) in [5.41, 5.74) is 4.34. The van der Waals surface area contributed by atoms with Crippen molar-refractivity contribution in [3.63, 3.8) is 0 Å². The number of methoxy groups -OCH3 is 1. The summed E-state index contributed by atoms with van der Waals surface area (Å²) in [6, 6.07) is 0. The van der Waals surface area contributed by atoms with Crippen LogP contribution in [0.4, 0.5) is 0 Å². The molecule has 0 spiro atoms. The maximum Gasteiger partial charge on any atom is 0.132 e. The summed E-state index contributed by atoms with van der Waals surface area (Å²) in [7, 11) is 1.78. The van der Waals surface area contributed by atoms with Gasteiger partial charge in [0.15, 0.2) is 0 Å². The van der Waals surface area contributed by atoms with Crippen LogP contribution in [0.5, 0.6) is 0 Å². The second-order valence-electron chi connectivity index (χ2n) is 7.05. The zero-order valence-corrected chi connectivity index (χ0v) is 17.8. The molecule has 0 amide bonds. The number of rotatable bonds is 12. The van der Waals surface area contributed by atoms with Crippen molar-refractivity contribution >= 4 is 11.6 Å². The van der Waals surface area contributed by atoms with Crippen molar-refractivity contribution in [1.29, 1.82) is 0 Å². The van der Waals surface area contributed by atoms with Gasteiger partial charge in [-0.15, -0.1) is 4.91 Å². The second kappa shape index (κ2) is 13.8. The highest BCUT2D eigenvalue weighted by Gasteiger charge is 2.11. The minimum Gasteiger partial charge on any atom is -0.507 e. The third kappa shape index (κ3) is 9.93. The average molecular weight is 384 g/mol. The van der Waals surface area contributed by atoms with Crippen LogP contribution in [-0.4, -0.2) is 18.3 Å². The molecule has 5 heteroatoms. The zero-order valence-electron chi connectivity index (χ0n) is 17.0. The first-order valence-corrected chi connectivity index (χ1v) is 9.57. The predicted molar refractivity (Wildman–Crippen MR) is 111 cm³/mol. The Kier molecular flexibility index (Phi) is 13.0. The van der Waals surface area contributed by atoms with Gasteiger partial charge in [0.25, 0.3) is 0 Å². The molecule has 0 aliphatic rings. The normalized spacial score (nSPS) is 15.9. The summed E-state index contributed by atoms with van der Waals surface area (Å²) in [5, 5.41) is 12.7. The van der Waals surface area contributed by atoms with Gasteiger partial charge in [-0.2, -0.15) is 0 Å². The molecule has 0 rings (SSSR count). The fraction of sp³-hybridized carbons (Fsp3) is 0.619. The summed E-state index contributed by atoms with van der Waals surface area (Å²) in [5.74, 6) is 0.421. The summed E-state index contributed by atoms with van der Waals surface area (Å²) < 4.78 is 5.51. The van der Waals surface area contributed by atoms with Crippen LogP contribution < -0.4 is 0 Å². The van der Waals surface area contributed by atoms with Gasteiger partial charge in [0, 0.05) is 18.2 Å². The summed E-state index contributed by atoms with van der Waals surface area (Å²) in [6.45, 7) is 10.1. The molecule has 4 nitrogen and oxygen atoms in total. The van der Waals surface area contributed by atoms with Crippen molar-refractivity contribution < 1.29 is 9.84 Å². The van der Waals surface area contributed by atoms with Crippen molar-refractivity contribution in [3.05, 3.63) is 50.8 Å². The third-order valence-corrected chi connectivity index (χ3v) is 4.75. The summed E-state index contributed by atoms with van der Waals surface area (Å²) >= 11 is 5.54. The van der Waals surface area contributed by atoms with Gasteiger partial charge in [0.2, 0.25) is 0 Å². The molecule has 0 saturated heterocycles. The molecule has 1 N–H and O–H groups in total. The number of hydrogen-bond acceptors (Lipinski definition) is 4. The monoisotopic (exact) mass is 383 g/mol. The Labute approximate surface area is 163 Å². The first-order valence-electron chi connectivity index (χ1n) is 9.13. The lowest BCUT2D eigenvalue weighted by molar-refractivity contribution is 0.0584. The van der Waals surface area contributed by atoms with E-state index in [2.05, 4.69) is 32.0 Å². The van der Waals surface area contributed by atoms with Crippen molar-refractivity contribution in [3.8, 4) is 0 Å². The van der Waals surface area contributed by atoms with Crippen LogP contribution in [0.25, 0.3) is 0 Å². The molecule has 0 heterocycles. The molecule has 0 aromatic heterocycles. The lowest BCUT2D eigenvalue weighted by Gasteiger charge is -2.19. The van der Waals surface area contributed by atoms with E-state index in [4.69, 9.17) is 16.3 Å². The highest BCUT2D eigenvalue weighted by Crippen LogP contribution is 2.21. The molecule has 0 saturated carbocycles. The van der Waals surface area contributed by atoms with Gasteiger partial charge < -0.3 is 9.84 Å². The Bertz CT molecular complexity index is 560. The van der Waals surface area contributed by atoms with E-state index in [0.29, 0.717) is 24.0 Å². The van der Waals surface area contributed by atoms with Gasteiger partial charge in [-0.1, -0.05) is 48.7 Å². The summed E-state index contributed by atoms with van der Waals surface area (Å²) in [6.07, 6.45) is 9.01. The Hall–Kier alpha value is -1.39. The number of nitrogens with zero attached hydrogens (tertiary/aromatic N) is 1. The van der Waals surface area contributed by atoms with Gasteiger partial charge in [0.1, 0.15) is 5.76 Å². The number of hydrogen-bond donors (Lipinski definition) is 1. The summed E-state index contributed by atoms with van der Waals surface area (Å²) in [4.78, 5) is 10.7. The van der Waals surface area contributed by atoms with Gasteiger partial charge in [-0.05, 0) is 64.0 Å². The molecule has 0 bridgehead atoms. The first-order chi connectivity index (χ1) is 12.3. The van der Waals surface area contributed by atoms with Crippen molar-refractivity contribution in [2.75, 3.05) is 7.11 Å². The number of allylic oxidation sites excluding steroid dienone is 6. The standard InChI is InChI=1S/C21H34ClNO3/c1-15(2)21(26-6)13-11-17(4)9-7-8-16(3)10-12-19(18(5)23-25)20(24)14-22/h9-10,14-15,21,24H,7-8,11-13H2,1-6H3/b16-10+,17-9+,19-18+,20-14-. The molecular formula is C21H34ClNO3. The SMILES string of the molecule is COC(CC/C(C)=C/CC/C(C)=C/CC(/C(O)=C/Cl)=C(/C)N=O)C(C)C. The minimum absolute atomic E-state index is 0.110. The fourth-order valence-electron chi connectivity index (χ4n) is 2.68. The molecule has 1 atom stereocenters. The maximum atomic E-state index is 10.7. The molecule has 0 aliphatic carbocycles. The highest BCUT2D eigenvalue weighted by atomic mass is 35.5. The number of halogens is 1. The molecule has 1 unspecified atom stereocenters. The van der Waals surface area contributed by atoms with E-state index in [9.17, 15) is 10.0 Å². The van der Waals surface area contributed by atoms with Crippen LogP contribution >= 0.6 is 11.6 Å². The Morgan fingerprint density at radius 3 is 2.27 bits per heavy atom. The van der Waals surface area contributed by atoms with Crippen LogP contribution in [0, 0.1) is 10.8 Å². The smallest absolute Gasteiger partial charge is 0.132 e. The van der Waals surface area contributed by atoms with E-state index in [1.54, 1.807) is 14.0 Å². The van der Waals surface area contributed by atoms with Gasteiger partial charge >= 0.3 is 0 Å². The van der Waals surface area contributed by atoms with Crippen molar-refractivity contribution in [2.45, 2.75) is 72.8 Å². The Balaban J connectivity index is 4.57. The van der Waals surface area contributed by atoms with Crippen LogP contribution in [0.2, 0.25) is 0 Å². The number of nitroso groups, excluding NO2 is 1. The van der Waals surface area contributed by atoms with Crippen molar-refractivity contribution in [2.24, 2.45) is 11.1 Å². The average Bonchev–Trinajstić information content (AvgIpc) is 2.61. The van der Waals surface area contributed by atoms with E-state index in [1.165, 1.54) is 11.1 Å². The molecular weight excluding hydrogens is 350 g/mol. The molecule has 0 fully saturated rings. The van der Waals surface area contributed by atoms with E-state index in [1.807, 2.05) is 13.0 Å². The topological polar surface area (TPSA) is 58.9 Å². The van der Waals surface area contributed by atoms with E-state index < -0.39 is 0 Å². The van der Waals surface area contributed by atoms with Crippen LogP contribution in [0.15, 0.2) is 51.0 Å².